The molecule has 3 amide bonds. The zero-order valence-electron chi connectivity index (χ0n) is 14.4. The Kier molecular flexibility index (Phi) is 4.92. The van der Waals surface area contributed by atoms with Crippen LogP contribution in [0.25, 0.3) is 0 Å². The maximum Gasteiger partial charge on any atom is 0.325 e. The molecule has 0 saturated carbocycles. The predicted octanol–water partition coefficient (Wildman–Crippen LogP) is 2.20. The highest BCUT2D eigenvalue weighted by Crippen LogP contribution is 2.23. The van der Waals surface area contributed by atoms with Crippen LogP contribution in [0.4, 0.5) is 10.5 Å². The minimum atomic E-state index is -0.0985. The smallest absolute Gasteiger partial charge is 0.325 e. The van der Waals surface area contributed by atoms with Crippen LogP contribution >= 0.6 is 0 Å². The molecule has 0 radical (unpaired) electrons. The van der Waals surface area contributed by atoms with Crippen molar-refractivity contribution >= 4 is 17.6 Å². The van der Waals surface area contributed by atoms with Crippen molar-refractivity contribution in [1.82, 2.24) is 9.80 Å². The largest absolute Gasteiger partial charge is 0.497 e. The summed E-state index contributed by atoms with van der Waals surface area (Å²) in [6.45, 7) is 5.16. The summed E-state index contributed by atoms with van der Waals surface area (Å²) in [5, 5.41) is 0. The molecule has 2 aliphatic rings. The number of methoxy groups -OCH3 is 1. The lowest BCUT2D eigenvalue weighted by molar-refractivity contribution is -0.133. The Morgan fingerprint density at radius 3 is 2.62 bits per heavy atom. The number of carbonyl (C=O) groups excluding carboxylic acids is 2. The molecule has 1 atom stereocenters. The van der Waals surface area contributed by atoms with E-state index in [9.17, 15) is 9.59 Å². The highest BCUT2D eigenvalue weighted by Gasteiger charge is 2.32. The second-order valence-corrected chi connectivity index (χ2v) is 6.64. The number of benzene rings is 1. The molecule has 2 heterocycles. The summed E-state index contributed by atoms with van der Waals surface area (Å²) in [4.78, 5) is 30.3. The van der Waals surface area contributed by atoms with Crippen LogP contribution in [-0.2, 0) is 4.79 Å². The van der Waals surface area contributed by atoms with E-state index in [-0.39, 0.29) is 18.5 Å². The van der Waals surface area contributed by atoms with Crippen molar-refractivity contribution in [3.63, 3.8) is 0 Å². The van der Waals surface area contributed by atoms with Crippen molar-refractivity contribution in [1.29, 1.82) is 0 Å². The fraction of sp³-hybridized carbons (Fsp3) is 0.556. The molecule has 0 spiro atoms. The van der Waals surface area contributed by atoms with Gasteiger partial charge in [0.15, 0.2) is 0 Å². The molecular weight excluding hydrogens is 306 g/mol. The van der Waals surface area contributed by atoms with Crippen LogP contribution in [-0.4, -0.2) is 61.6 Å². The Morgan fingerprint density at radius 2 is 1.96 bits per heavy atom. The van der Waals surface area contributed by atoms with Gasteiger partial charge >= 0.3 is 6.03 Å². The molecule has 6 nitrogen and oxygen atoms in total. The maximum atomic E-state index is 12.6. The lowest BCUT2D eigenvalue weighted by Crippen LogP contribution is -2.45. The third-order valence-corrected chi connectivity index (χ3v) is 4.81. The molecule has 0 aromatic heterocycles. The van der Waals surface area contributed by atoms with Gasteiger partial charge in [-0.05, 0) is 43.0 Å². The van der Waals surface area contributed by atoms with Crippen molar-refractivity contribution in [3.05, 3.63) is 24.3 Å². The fourth-order valence-corrected chi connectivity index (χ4v) is 3.41. The molecular formula is C18H25N3O3. The van der Waals surface area contributed by atoms with Gasteiger partial charge in [0.1, 0.15) is 12.3 Å². The average molecular weight is 331 g/mol. The summed E-state index contributed by atoms with van der Waals surface area (Å²) in [7, 11) is 1.62. The molecule has 2 aliphatic heterocycles. The SMILES string of the molecule is COc1ccc(N2CCN(CC(=O)N3CCCC(C)C3)C2=O)cc1. The van der Waals surface area contributed by atoms with Crippen molar-refractivity contribution in [2.24, 2.45) is 5.92 Å². The number of ether oxygens (including phenoxy) is 1. The molecule has 1 unspecified atom stereocenters. The molecule has 2 fully saturated rings. The van der Waals surface area contributed by atoms with Gasteiger partial charge in [0.05, 0.1) is 7.11 Å². The van der Waals surface area contributed by atoms with Crippen LogP contribution in [0.2, 0.25) is 0 Å². The van der Waals surface area contributed by atoms with Crippen LogP contribution < -0.4 is 9.64 Å². The Bertz CT molecular complexity index is 602. The molecule has 1 aromatic rings. The highest BCUT2D eigenvalue weighted by molar-refractivity contribution is 5.96. The molecule has 6 heteroatoms. The summed E-state index contributed by atoms with van der Waals surface area (Å²) >= 11 is 0. The number of nitrogens with zero attached hydrogens (tertiary/aromatic N) is 3. The van der Waals surface area contributed by atoms with E-state index in [0.29, 0.717) is 19.0 Å². The second kappa shape index (κ2) is 7.11. The Hall–Kier alpha value is -2.24. The fourth-order valence-electron chi connectivity index (χ4n) is 3.41. The summed E-state index contributed by atoms with van der Waals surface area (Å²) in [6.07, 6.45) is 2.23. The van der Waals surface area contributed by atoms with Crippen LogP contribution in [0, 0.1) is 5.92 Å². The number of urea groups is 1. The maximum absolute atomic E-state index is 12.6. The Balaban J connectivity index is 1.60. The zero-order chi connectivity index (χ0) is 17.1. The molecule has 3 rings (SSSR count). The van der Waals surface area contributed by atoms with Gasteiger partial charge in [-0.3, -0.25) is 9.69 Å². The molecule has 0 aliphatic carbocycles. The number of carbonyl (C=O) groups is 2. The van der Waals surface area contributed by atoms with Crippen molar-refractivity contribution < 1.29 is 14.3 Å². The van der Waals surface area contributed by atoms with Crippen LogP contribution in [0.15, 0.2) is 24.3 Å². The quantitative estimate of drug-likeness (QED) is 0.850. The van der Waals surface area contributed by atoms with Crippen LogP contribution in [0.1, 0.15) is 19.8 Å². The first-order chi connectivity index (χ1) is 11.6. The standard InChI is InChI=1S/C18H25N3O3/c1-14-4-3-9-19(12-14)17(22)13-20-10-11-21(18(20)23)15-5-7-16(24-2)8-6-15/h5-8,14H,3-4,9-13H2,1-2H3. The predicted molar refractivity (Wildman–Crippen MR) is 92.3 cm³/mol. The van der Waals surface area contributed by atoms with Gasteiger partial charge in [-0.15, -0.1) is 0 Å². The Morgan fingerprint density at radius 1 is 1.21 bits per heavy atom. The lowest BCUT2D eigenvalue weighted by Gasteiger charge is -2.32. The van der Waals surface area contributed by atoms with E-state index in [4.69, 9.17) is 4.74 Å². The summed E-state index contributed by atoms with van der Waals surface area (Å²) < 4.78 is 5.14. The third-order valence-electron chi connectivity index (χ3n) is 4.81. The minimum Gasteiger partial charge on any atom is -0.497 e. The molecule has 2 saturated heterocycles. The van der Waals surface area contributed by atoms with E-state index in [1.807, 2.05) is 29.2 Å². The summed E-state index contributed by atoms with van der Waals surface area (Å²) in [5.74, 6) is 1.37. The highest BCUT2D eigenvalue weighted by atomic mass is 16.5. The molecule has 24 heavy (non-hydrogen) atoms. The van der Waals surface area contributed by atoms with E-state index in [2.05, 4.69) is 6.92 Å². The number of piperidine rings is 1. The van der Waals surface area contributed by atoms with Gasteiger partial charge in [0.25, 0.3) is 0 Å². The first kappa shape index (κ1) is 16.6. The third kappa shape index (κ3) is 3.47. The van der Waals surface area contributed by atoms with E-state index in [1.165, 1.54) is 6.42 Å². The number of hydrogen-bond acceptors (Lipinski definition) is 3. The van der Waals surface area contributed by atoms with Gasteiger partial charge in [0, 0.05) is 31.9 Å². The zero-order valence-corrected chi connectivity index (χ0v) is 14.4. The van der Waals surface area contributed by atoms with Gasteiger partial charge in [-0.25, -0.2) is 4.79 Å². The summed E-state index contributed by atoms with van der Waals surface area (Å²) in [6, 6.07) is 7.32. The molecule has 1 aromatic carbocycles. The first-order valence-corrected chi connectivity index (χ1v) is 8.56. The van der Waals surface area contributed by atoms with Gasteiger partial charge in [-0.2, -0.15) is 0 Å². The molecule has 0 bridgehead atoms. The monoisotopic (exact) mass is 331 g/mol. The van der Waals surface area contributed by atoms with Gasteiger partial charge in [0.2, 0.25) is 5.91 Å². The van der Waals surface area contributed by atoms with Gasteiger partial charge < -0.3 is 14.5 Å². The van der Waals surface area contributed by atoms with Gasteiger partial charge in [-0.1, -0.05) is 6.92 Å². The first-order valence-electron chi connectivity index (χ1n) is 8.56. The summed E-state index contributed by atoms with van der Waals surface area (Å²) in [5.41, 5.74) is 0.836. The minimum absolute atomic E-state index is 0.0616. The number of hydrogen-bond donors (Lipinski definition) is 0. The topological polar surface area (TPSA) is 53.1 Å². The van der Waals surface area contributed by atoms with Crippen LogP contribution in [0.3, 0.4) is 0 Å². The van der Waals surface area contributed by atoms with Crippen molar-refractivity contribution in [3.8, 4) is 5.75 Å². The van der Waals surface area contributed by atoms with Crippen LogP contribution in [0.5, 0.6) is 5.75 Å². The Labute approximate surface area is 143 Å². The normalized spacial score (nSPS) is 21.3. The number of anilines is 1. The van der Waals surface area contributed by atoms with E-state index >= 15 is 0 Å². The molecule has 130 valence electrons. The number of likely N-dealkylation sites (tertiary alicyclic amines) is 1. The average Bonchev–Trinajstić information content (AvgIpc) is 2.95. The lowest BCUT2D eigenvalue weighted by atomic mass is 10.0. The second-order valence-electron chi connectivity index (χ2n) is 6.64. The van der Waals surface area contributed by atoms with Crippen molar-refractivity contribution in [2.75, 3.05) is 44.7 Å². The van der Waals surface area contributed by atoms with E-state index < -0.39 is 0 Å². The number of amides is 3. The van der Waals surface area contributed by atoms with E-state index in [0.717, 1.165) is 30.9 Å². The number of rotatable bonds is 4. The van der Waals surface area contributed by atoms with E-state index in [1.54, 1.807) is 16.9 Å². The molecule has 0 N–H and O–H groups in total. The van der Waals surface area contributed by atoms with Crippen molar-refractivity contribution in [2.45, 2.75) is 19.8 Å².